The van der Waals surface area contributed by atoms with Crippen LogP contribution in [0.25, 0.3) is 0 Å². The summed E-state index contributed by atoms with van der Waals surface area (Å²) in [5.74, 6) is -0.365. The molecule has 18 heavy (non-hydrogen) atoms. The van der Waals surface area contributed by atoms with E-state index >= 15 is 0 Å². The molecule has 1 aliphatic heterocycles. The first kappa shape index (κ1) is 13.7. The van der Waals surface area contributed by atoms with Crippen molar-refractivity contribution in [1.29, 1.82) is 0 Å². The number of benzene rings is 1. The Morgan fingerprint density at radius 3 is 2.56 bits per heavy atom. The predicted molar refractivity (Wildman–Crippen MR) is 66.1 cm³/mol. The molecule has 1 heterocycles. The number of amides is 1. The molecule has 7 heteroatoms. The van der Waals surface area contributed by atoms with Crippen molar-refractivity contribution in [2.75, 3.05) is 11.4 Å². The van der Waals surface area contributed by atoms with Crippen LogP contribution in [0.5, 0.6) is 0 Å². The van der Waals surface area contributed by atoms with Crippen LogP contribution in [0.4, 0.5) is 18.9 Å². The molecule has 1 atom stereocenters. The third-order valence-corrected chi connectivity index (χ3v) is 3.56. The zero-order valence-corrected chi connectivity index (χ0v) is 11.3. The number of hydrogen-bond acceptors (Lipinski definition) is 1. The van der Waals surface area contributed by atoms with E-state index < -0.39 is 11.7 Å². The Labute approximate surface area is 115 Å². The molecule has 1 aromatic carbocycles. The molecule has 0 N–H and O–H groups in total. The van der Waals surface area contributed by atoms with Crippen LogP contribution in [0.3, 0.4) is 0 Å². The molecule has 0 bridgehead atoms. The third-order valence-electron chi connectivity index (χ3n) is 2.64. The van der Waals surface area contributed by atoms with Gasteiger partial charge in [-0.25, -0.2) is 0 Å². The molecule has 1 aromatic rings. The summed E-state index contributed by atoms with van der Waals surface area (Å²) in [4.78, 5) is 12.6. The van der Waals surface area contributed by atoms with Crippen molar-refractivity contribution in [3.63, 3.8) is 0 Å². The van der Waals surface area contributed by atoms with Crippen molar-refractivity contribution in [3.8, 4) is 0 Å². The molecule has 0 radical (unpaired) electrons. The van der Waals surface area contributed by atoms with Gasteiger partial charge in [0.1, 0.15) is 0 Å². The average Bonchev–Trinajstić information content (AvgIpc) is 2.56. The minimum atomic E-state index is -4.54. The van der Waals surface area contributed by atoms with E-state index in [4.69, 9.17) is 11.6 Å². The van der Waals surface area contributed by atoms with Gasteiger partial charge in [-0.3, -0.25) is 4.79 Å². The molecular formula is C11H8BrClF3NO. The van der Waals surface area contributed by atoms with E-state index in [0.717, 1.165) is 11.0 Å². The maximum Gasteiger partial charge on any atom is 0.418 e. The molecule has 0 saturated carbocycles. The minimum Gasteiger partial charge on any atom is -0.309 e. The highest BCUT2D eigenvalue weighted by atomic mass is 79.9. The Morgan fingerprint density at radius 2 is 2.06 bits per heavy atom. The highest BCUT2D eigenvalue weighted by Gasteiger charge is 2.39. The highest BCUT2D eigenvalue weighted by molar-refractivity contribution is 9.09. The fourth-order valence-corrected chi connectivity index (χ4v) is 2.74. The fraction of sp³-hybridized carbons (Fsp3) is 0.364. The number of hydrogen-bond donors (Lipinski definition) is 0. The monoisotopic (exact) mass is 341 g/mol. The zero-order valence-electron chi connectivity index (χ0n) is 8.97. The third kappa shape index (κ3) is 2.49. The first-order valence-corrected chi connectivity index (χ1v) is 6.40. The smallest absolute Gasteiger partial charge is 0.309 e. The summed E-state index contributed by atoms with van der Waals surface area (Å²) in [6.07, 6.45) is -4.37. The van der Waals surface area contributed by atoms with Gasteiger partial charge in [0.05, 0.1) is 16.3 Å². The second kappa shape index (κ2) is 4.74. The van der Waals surface area contributed by atoms with Gasteiger partial charge in [-0.2, -0.15) is 13.2 Å². The van der Waals surface area contributed by atoms with Gasteiger partial charge in [0.15, 0.2) is 0 Å². The van der Waals surface area contributed by atoms with Gasteiger partial charge in [-0.15, -0.1) is 0 Å². The standard InChI is InChI=1S/C11H8BrClF3NO/c12-6-4-9(18)17(5-6)10-7(11(14,15)16)2-1-3-8(10)13/h1-3,6H,4-5H2. The molecule has 1 saturated heterocycles. The van der Waals surface area contributed by atoms with E-state index in [1.54, 1.807) is 0 Å². The Hall–Kier alpha value is -0.750. The van der Waals surface area contributed by atoms with E-state index in [1.165, 1.54) is 12.1 Å². The van der Waals surface area contributed by atoms with Crippen LogP contribution in [0, 0.1) is 0 Å². The van der Waals surface area contributed by atoms with Crippen molar-refractivity contribution in [3.05, 3.63) is 28.8 Å². The lowest BCUT2D eigenvalue weighted by Gasteiger charge is -2.22. The van der Waals surface area contributed by atoms with Crippen LogP contribution in [-0.2, 0) is 11.0 Å². The summed E-state index contributed by atoms with van der Waals surface area (Å²) in [7, 11) is 0. The number of halogens is 5. The molecule has 1 fully saturated rings. The SMILES string of the molecule is O=C1CC(Br)CN1c1c(Cl)cccc1C(F)(F)F. The molecule has 1 aliphatic rings. The molecule has 0 aliphatic carbocycles. The summed E-state index contributed by atoms with van der Waals surface area (Å²) < 4.78 is 38.7. The van der Waals surface area contributed by atoms with Gasteiger partial charge >= 0.3 is 6.18 Å². The molecule has 1 amide bonds. The van der Waals surface area contributed by atoms with Crippen molar-refractivity contribution < 1.29 is 18.0 Å². The lowest BCUT2D eigenvalue weighted by Crippen LogP contribution is -2.27. The van der Waals surface area contributed by atoms with Gasteiger partial charge in [0.25, 0.3) is 0 Å². The molecule has 2 rings (SSSR count). The predicted octanol–water partition coefficient (Wildman–Crippen LogP) is 3.86. The average molecular weight is 343 g/mol. The van der Waals surface area contributed by atoms with Crippen LogP contribution in [-0.4, -0.2) is 17.3 Å². The lowest BCUT2D eigenvalue weighted by molar-refractivity contribution is -0.137. The molecule has 2 nitrogen and oxygen atoms in total. The number of para-hydroxylation sites is 1. The van der Waals surface area contributed by atoms with E-state index in [1.807, 2.05) is 0 Å². The van der Waals surface area contributed by atoms with Gasteiger partial charge in [0.2, 0.25) is 5.91 Å². The summed E-state index contributed by atoms with van der Waals surface area (Å²) in [5, 5.41) is -0.0697. The number of carbonyl (C=O) groups excluding carboxylic acids is 1. The molecular weight excluding hydrogens is 334 g/mol. The lowest BCUT2D eigenvalue weighted by atomic mass is 10.1. The maximum absolute atomic E-state index is 12.9. The van der Waals surface area contributed by atoms with Gasteiger partial charge in [0, 0.05) is 17.8 Å². The molecule has 0 aromatic heterocycles. The Balaban J connectivity index is 2.53. The largest absolute Gasteiger partial charge is 0.418 e. The van der Waals surface area contributed by atoms with E-state index in [9.17, 15) is 18.0 Å². The Kier molecular flexibility index (Phi) is 3.60. The first-order valence-electron chi connectivity index (χ1n) is 5.11. The normalized spacial score (nSPS) is 20.6. The minimum absolute atomic E-state index is 0.0697. The van der Waals surface area contributed by atoms with Gasteiger partial charge in [-0.1, -0.05) is 33.6 Å². The number of nitrogens with zero attached hydrogens (tertiary/aromatic N) is 1. The van der Waals surface area contributed by atoms with Crippen molar-refractivity contribution in [2.24, 2.45) is 0 Å². The second-order valence-electron chi connectivity index (χ2n) is 3.94. The van der Waals surface area contributed by atoms with Crippen LogP contribution < -0.4 is 4.90 Å². The highest BCUT2D eigenvalue weighted by Crippen LogP contribution is 2.42. The summed E-state index contributed by atoms with van der Waals surface area (Å²) in [6.45, 7) is 0.186. The second-order valence-corrected chi connectivity index (χ2v) is 5.64. The van der Waals surface area contributed by atoms with Crippen molar-refractivity contribution in [1.82, 2.24) is 0 Å². The number of rotatable bonds is 1. The molecule has 0 spiro atoms. The number of carbonyl (C=O) groups is 1. The van der Waals surface area contributed by atoms with Crippen molar-refractivity contribution in [2.45, 2.75) is 17.4 Å². The van der Waals surface area contributed by atoms with Crippen molar-refractivity contribution >= 4 is 39.1 Å². The number of alkyl halides is 4. The van der Waals surface area contributed by atoms with Crippen LogP contribution >= 0.6 is 27.5 Å². The summed E-state index contributed by atoms with van der Waals surface area (Å²) in [6, 6.07) is 3.50. The number of anilines is 1. The van der Waals surface area contributed by atoms with Crippen LogP contribution in [0.1, 0.15) is 12.0 Å². The zero-order chi connectivity index (χ0) is 13.5. The maximum atomic E-state index is 12.9. The van der Waals surface area contributed by atoms with E-state index in [2.05, 4.69) is 15.9 Å². The van der Waals surface area contributed by atoms with Gasteiger partial charge < -0.3 is 4.90 Å². The van der Waals surface area contributed by atoms with Crippen LogP contribution in [0.15, 0.2) is 18.2 Å². The Morgan fingerprint density at radius 1 is 1.39 bits per heavy atom. The van der Waals surface area contributed by atoms with E-state index in [0.29, 0.717) is 0 Å². The summed E-state index contributed by atoms with van der Waals surface area (Å²) in [5.41, 5.74) is -1.14. The summed E-state index contributed by atoms with van der Waals surface area (Å²) >= 11 is 9.05. The quantitative estimate of drug-likeness (QED) is 0.710. The molecule has 98 valence electrons. The Bertz CT molecular complexity index is 492. The van der Waals surface area contributed by atoms with Gasteiger partial charge in [-0.05, 0) is 12.1 Å². The topological polar surface area (TPSA) is 20.3 Å². The van der Waals surface area contributed by atoms with E-state index in [-0.39, 0.29) is 34.4 Å². The molecule has 1 unspecified atom stereocenters. The fourth-order valence-electron chi connectivity index (χ4n) is 1.90. The van der Waals surface area contributed by atoms with Crippen LogP contribution in [0.2, 0.25) is 5.02 Å². The first-order chi connectivity index (χ1) is 8.30.